The maximum Gasteiger partial charge on any atom is 0.317 e. The predicted molar refractivity (Wildman–Crippen MR) is 137 cm³/mol. The Bertz CT molecular complexity index is 823. The number of primary amides is 1. The molecule has 3 fully saturated rings. The minimum atomic E-state index is -0.351. The van der Waals surface area contributed by atoms with Crippen LogP contribution in [0.15, 0.2) is 24.3 Å². The number of urea groups is 1. The quantitative estimate of drug-likeness (QED) is 0.542. The van der Waals surface area contributed by atoms with Gasteiger partial charge in [-0.25, -0.2) is 4.79 Å². The van der Waals surface area contributed by atoms with Crippen LogP contribution in [0, 0.1) is 5.92 Å². The van der Waals surface area contributed by atoms with Crippen LogP contribution in [0.3, 0.4) is 0 Å². The first-order valence-corrected chi connectivity index (χ1v) is 13.7. The summed E-state index contributed by atoms with van der Waals surface area (Å²) >= 11 is 0. The van der Waals surface area contributed by atoms with Gasteiger partial charge < -0.3 is 16.0 Å². The SMILES string of the molecule is CCC(C)NC(=O)N(CCN1[C@@H]2CC[C@H]1C[C@@H](c1cccc(C(N)=O)c1)C2)CC1CCCCC1. The monoisotopic (exact) mass is 468 g/mol. The Labute approximate surface area is 205 Å². The smallest absolute Gasteiger partial charge is 0.317 e. The Morgan fingerprint density at radius 3 is 2.47 bits per heavy atom. The summed E-state index contributed by atoms with van der Waals surface area (Å²) in [6.45, 7) is 6.89. The summed E-state index contributed by atoms with van der Waals surface area (Å²) in [5.74, 6) is 0.785. The van der Waals surface area contributed by atoms with Crippen LogP contribution in [-0.2, 0) is 0 Å². The molecule has 0 aromatic heterocycles. The second-order valence-electron chi connectivity index (χ2n) is 11.0. The molecule has 1 aromatic carbocycles. The third-order valence-corrected chi connectivity index (χ3v) is 8.63. The second-order valence-corrected chi connectivity index (χ2v) is 11.0. The molecule has 1 aliphatic carbocycles. The van der Waals surface area contributed by atoms with Crippen LogP contribution >= 0.6 is 0 Å². The molecule has 4 rings (SSSR count). The lowest BCUT2D eigenvalue weighted by molar-refractivity contribution is 0.0998. The number of carbonyl (C=O) groups excluding carboxylic acids is 2. The molecule has 6 nitrogen and oxygen atoms in total. The van der Waals surface area contributed by atoms with E-state index < -0.39 is 0 Å². The molecule has 188 valence electrons. The number of hydrogen-bond donors (Lipinski definition) is 2. The van der Waals surface area contributed by atoms with Crippen LogP contribution < -0.4 is 11.1 Å². The molecule has 4 atom stereocenters. The number of nitrogens with one attached hydrogen (secondary N) is 1. The van der Waals surface area contributed by atoms with Crippen molar-refractivity contribution in [1.82, 2.24) is 15.1 Å². The number of fused-ring (bicyclic) bond motifs is 2. The summed E-state index contributed by atoms with van der Waals surface area (Å²) in [4.78, 5) is 29.6. The normalized spacial score (nSPS) is 26.2. The van der Waals surface area contributed by atoms with Crippen molar-refractivity contribution in [3.8, 4) is 0 Å². The minimum Gasteiger partial charge on any atom is -0.366 e. The van der Waals surface area contributed by atoms with Gasteiger partial charge in [0.1, 0.15) is 0 Å². The molecule has 3 aliphatic rings. The standard InChI is InChI=1S/C28H44N4O2/c1-3-20(2)30-28(34)31(19-21-8-5-4-6-9-21)14-15-32-25-12-13-26(32)18-24(17-25)22-10-7-11-23(16-22)27(29)33/h7,10-11,16,20-21,24-26H,3-6,8-9,12-15,17-19H2,1-2H3,(H2,29,33)(H,30,34)/t20?,24-,25+,26-. The maximum atomic E-state index is 13.1. The largest absolute Gasteiger partial charge is 0.366 e. The molecule has 1 saturated carbocycles. The second kappa shape index (κ2) is 11.6. The first-order valence-electron chi connectivity index (χ1n) is 13.7. The molecular weight excluding hydrogens is 424 g/mol. The highest BCUT2D eigenvalue weighted by molar-refractivity contribution is 5.92. The number of hydrogen-bond acceptors (Lipinski definition) is 3. The molecule has 3 N–H and O–H groups in total. The van der Waals surface area contributed by atoms with Gasteiger partial charge in [-0.3, -0.25) is 9.69 Å². The Hall–Kier alpha value is -2.08. The summed E-state index contributed by atoms with van der Waals surface area (Å²) in [5, 5.41) is 3.22. The van der Waals surface area contributed by atoms with Crippen LogP contribution in [0.4, 0.5) is 4.79 Å². The molecule has 1 unspecified atom stereocenters. The van der Waals surface area contributed by atoms with Crippen molar-refractivity contribution < 1.29 is 9.59 Å². The third kappa shape index (κ3) is 6.12. The predicted octanol–water partition coefficient (Wildman–Crippen LogP) is 4.89. The third-order valence-electron chi connectivity index (χ3n) is 8.63. The van der Waals surface area contributed by atoms with E-state index in [2.05, 4.69) is 35.0 Å². The van der Waals surface area contributed by atoms with Crippen molar-refractivity contribution in [3.63, 3.8) is 0 Å². The van der Waals surface area contributed by atoms with E-state index in [0.717, 1.165) is 38.9 Å². The van der Waals surface area contributed by atoms with Crippen LogP contribution in [-0.4, -0.2) is 59.5 Å². The Kier molecular flexibility index (Phi) is 8.51. The first kappa shape index (κ1) is 25.0. The van der Waals surface area contributed by atoms with Crippen molar-refractivity contribution >= 4 is 11.9 Å². The molecular formula is C28H44N4O2. The lowest BCUT2D eigenvalue weighted by Crippen LogP contribution is -2.51. The van der Waals surface area contributed by atoms with E-state index in [1.807, 2.05) is 12.1 Å². The average molecular weight is 469 g/mol. The van der Waals surface area contributed by atoms with Crippen LogP contribution in [0.1, 0.15) is 99.9 Å². The number of benzene rings is 1. The molecule has 0 radical (unpaired) electrons. The molecule has 2 saturated heterocycles. The summed E-state index contributed by atoms with van der Waals surface area (Å²) in [5.41, 5.74) is 7.37. The fourth-order valence-corrected chi connectivity index (χ4v) is 6.45. The van der Waals surface area contributed by atoms with E-state index in [4.69, 9.17) is 5.73 Å². The highest BCUT2D eigenvalue weighted by Crippen LogP contribution is 2.43. The number of nitrogens with two attached hydrogens (primary N) is 1. The van der Waals surface area contributed by atoms with Crippen LogP contribution in [0.5, 0.6) is 0 Å². The van der Waals surface area contributed by atoms with Gasteiger partial charge in [0.25, 0.3) is 0 Å². The van der Waals surface area contributed by atoms with Gasteiger partial charge in [-0.05, 0) is 81.4 Å². The highest BCUT2D eigenvalue weighted by atomic mass is 16.2. The molecule has 2 heterocycles. The van der Waals surface area contributed by atoms with Crippen molar-refractivity contribution in [1.29, 1.82) is 0 Å². The Morgan fingerprint density at radius 1 is 1.12 bits per heavy atom. The summed E-state index contributed by atoms with van der Waals surface area (Å²) in [6, 6.07) is 9.37. The average Bonchev–Trinajstić information content (AvgIpc) is 3.08. The van der Waals surface area contributed by atoms with Crippen molar-refractivity contribution in [3.05, 3.63) is 35.4 Å². The maximum absolute atomic E-state index is 13.1. The molecule has 2 bridgehead atoms. The zero-order valence-electron chi connectivity index (χ0n) is 21.2. The first-order chi connectivity index (χ1) is 16.4. The van der Waals surface area contributed by atoms with Crippen molar-refractivity contribution in [2.24, 2.45) is 11.7 Å². The van der Waals surface area contributed by atoms with Gasteiger partial charge in [-0.15, -0.1) is 0 Å². The van der Waals surface area contributed by atoms with Crippen molar-refractivity contribution in [2.45, 2.75) is 102 Å². The Morgan fingerprint density at radius 2 is 1.82 bits per heavy atom. The zero-order valence-corrected chi connectivity index (χ0v) is 21.2. The van der Waals surface area contributed by atoms with Gasteiger partial charge in [0.05, 0.1) is 0 Å². The Balaban J connectivity index is 1.37. The summed E-state index contributed by atoms with van der Waals surface area (Å²) in [6.07, 6.45) is 12.1. The van der Waals surface area contributed by atoms with E-state index >= 15 is 0 Å². The van der Waals surface area contributed by atoms with Gasteiger partial charge in [0, 0.05) is 43.3 Å². The molecule has 1 aromatic rings. The lowest BCUT2D eigenvalue weighted by atomic mass is 9.84. The molecule has 6 heteroatoms. The van der Waals surface area contributed by atoms with Gasteiger partial charge in [-0.1, -0.05) is 38.3 Å². The highest BCUT2D eigenvalue weighted by Gasteiger charge is 2.41. The minimum absolute atomic E-state index is 0.116. The van der Waals surface area contributed by atoms with Gasteiger partial charge in [0.15, 0.2) is 0 Å². The van der Waals surface area contributed by atoms with Crippen LogP contribution in [0.25, 0.3) is 0 Å². The zero-order chi connectivity index (χ0) is 24.1. The summed E-state index contributed by atoms with van der Waals surface area (Å²) < 4.78 is 0. The van der Waals surface area contributed by atoms with E-state index in [-0.39, 0.29) is 18.0 Å². The number of amides is 3. The van der Waals surface area contributed by atoms with Gasteiger partial charge in [0.2, 0.25) is 5.91 Å². The van der Waals surface area contributed by atoms with E-state index in [1.165, 1.54) is 50.5 Å². The van der Waals surface area contributed by atoms with E-state index in [1.54, 1.807) is 6.07 Å². The molecule has 3 amide bonds. The topological polar surface area (TPSA) is 78.7 Å². The fourth-order valence-electron chi connectivity index (χ4n) is 6.45. The molecule has 2 aliphatic heterocycles. The molecule has 34 heavy (non-hydrogen) atoms. The number of nitrogens with zero attached hydrogens (tertiary/aromatic N) is 2. The number of carbonyl (C=O) groups is 2. The molecule has 0 spiro atoms. The van der Waals surface area contributed by atoms with E-state index in [0.29, 0.717) is 29.5 Å². The van der Waals surface area contributed by atoms with Gasteiger partial charge >= 0.3 is 6.03 Å². The van der Waals surface area contributed by atoms with Crippen LogP contribution in [0.2, 0.25) is 0 Å². The van der Waals surface area contributed by atoms with Crippen molar-refractivity contribution in [2.75, 3.05) is 19.6 Å². The lowest BCUT2D eigenvalue weighted by Gasteiger charge is -2.40. The van der Waals surface area contributed by atoms with Gasteiger partial charge in [-0.2, -0.15) is 0 Å². The number of rotatable bonds is 9. The number of piperidine rings is 1. The summed E-state index contributed by atoms with van der Waals surface area (Å²) in [7, 11) is 0. The van der Waals surface area contributed by atoms with E-state index in [9.17, 15) is 9.59 Å². The fraction of sp³-hybridized carbons (Fsp3) is 0.714.